The highest BCUT2D eigenvalue weighted by Crippen LogP contribution is 2.11. The van der Waals surface area contributed by atoms with Gasteiger partial charge in [-0.1, -0.05) is 0 Å². The Kier molecular flexibility index (Phi) is 5.06. The number of ether oxygens (including phenoxy) is 2. The van der Waals surface area contributed by atoms with Crippen LogP contribution >= 0.6 is 0 Å². The van der Waals surface area contributed by atoms with Crippen molar-refractivity contribution >= 4 is 11.8 Å². The van der Waals surface area contributed by atoms with E-state index in [4.69, 9.17) is 14.6 Å². The molecule has 1 aromatic heterocycles. The minimum Gasteiger partial charge on any atom is -0.477 e. The number of methoxy groups -OCH3 is 2. The molecule has 6 nitrogen and oxygen atoms in total. The molecule has 0 fully saturated rings. The van der Waals surface area contributed by atoms with Gasteiger partial charge in [0.2, 0.25) is 0 Å². The molecular formula is C12H17NO5. The summed E-state index contributed by atoms with van der Waals surface area (Å²) in [5.74, 6) is -1.24. The van der Waals surface area contributed by atoms with Crippen molar-refractivity contribution < 1.29 is 24.2 Å². The highest BCUT2D eigenvalue weighted by atomic mass is 16.5. The predicted octanol–water partition coefficient (Wildman–Crippen LogP) is 1.05. The van der Waals surface area contributed by atoms with Crippen LogP contribution in [0.25, 0.3) is 0 Å². The first-order chi connectivity index (χ1) is 8.49. The lowest BCUT2D eigenvalue weighted by Crippen LogP contribution is -2.25. The fraction of sp³-hybridized carbons (Fsp3) is 0.500. The average molecular weight is 255 g/mol. The lowest BCUT2D eigenvalue weighted by Gasteiger charge is -2.16. The van der Waals surface area contributed by atoms with Crippen molar-refractivity contribution in [3.05, 3.63) is 23.5 Å². The van der Waals surface area contributed by atoms with Gasteiger partial charge in [-0.2, -0.15) is 0 Å². The quantitative estimate of drug-likeness (QED) is 0.737. The zero-order chi connectivity index (χ0) is 13.7. The van der Waals surface area contributed by atoms with Gasteiger partial charge in [0, 0.05) is 26.0 Å². The second-order valence-electron chi connectivity index (χ2n) is 3.94. The third-order valence-electron chi connectivity index (χ3n) is 2.61. The minimum atomic E-state index is -1.07. The van der Waals surface area contributed by atoms with Crippen LogP contribution in [0.5, 0.6) is 0 Å². The summed E-state index contributed by atoms with van der Waals surface area (Å²) in [7, 11) is 3.07. The van der Waals surface area contributed by atoms with Gasteiger partial charge in [-0.15, -0.1) is 0 Å². The number of carboxylic acid groups (broad SMARTS) is 1. The molecule has 0 spiro atoms. The van der Waals surface area contributed by atoms with Crippen molar-refractivity contribution in [3.8, 4) is 0 Å². The molecule has 1 aromatic rings. The topological polar surface area (TPSA) is 77.8 Å². The smallest absolute Gasteiger partial charge is 0.352 e. The van der Waals surface area contributed by atoms with Crippen molar-refractivity contribution in [1.82, 2.24) is 4.57 Å². The molecule has 0 bridgehead atoms. The number of Topliss-reactive ketones (excluding diaryl/α,β-unsaturated/α-hetero) is 1. The third kappa shape index (κ3) is 3.41. The Morgan fingerprint density at radius 3 is 2.56 bits per heavy atom. The third-order valence-corrected chi connectivity index (χ3v) is 2.61. The van der Waals surface area contributed by atoms with Crippen LogP contribution in [0.1, 0.15) is 27.8 Å². The summed E-state index contributed by atoms with van der Waals surface area (Å²) in [5.41, 5.74) is 0.443. The highest BCUT2D eigenvalue weighted by molar-refractivity contribution is 5.97. The van der Waals surface area contributed by atoms with Crippen molar-refractivity contribution in [3.63, 3.8) is 0 Å². The van der Waals surface area contributed by atoms with E-state index in [0.717, 1.165) is 0 Å². The Labute approximate surface area is 105 Å². The van der Waals surface area contributed by atoms with Crippen LogP contribution in [0.15, 0.2) is 12.3 Å². The predicted molar refractivity (Wildman–Crippen MR) is 64.1 cm³/mol. The van der Waals surface area contributed by atoms with Crippen molar-refractivity contribution in [2.24, 2.45) is 0 Å². The first kappa shape index (κ1) is 14.4. The number of aromatic nitrogens is 1. The molecule has 0 aromatic carbocycles. The van der Waals surface area contributed by atoms with Gasteiger partial charge < -0.3 is 19.1 Å². The maximum absolute atomic E-state index is 11.3. The van der Waals surface area contributed by atoms with Gasteiger partial charge in [-0.25, -0.2) is 4.79 Å². The fourth-order valence-corrected chi connectivity index (χ4v) is 1.63. The van der Waals surface area contributed by atoms with Crippen LogP contribution < -0.4 is 0 Å². The van der Waals surface area contributed by atoms with Gasteiger partial charge in [0.15, 0.2) is 5.78 Å². The summed E-state index contributed by atoms with van der Waals surface area (Å²) in [6.07, 6.45) is 1.26. The highest BCUT2D eigenvalue weighted by Gasteiger charge is 2.17. The number of aromatic carboxylic acids is 1. The Bertz CT molecular complexity index is 438. The standard InChI is InChI=1S/C12H17NO5/c1-8(14)9-4-11(12(15)16)13(5-9)6-10(18-3)7-17-2/h4-5,10H,6-7H2,1-3H3,(H,15,16). The monoisotopic (exact) mass is 255 g/mol. The van der Waals surface area contributed by atoms with Crippen LogP contribution in [0.2, 0.25) is 0 Å². The normalized spacial score (nSPS) is 12.4. The zero-order valence-corrected chi connectivity index (χ0v) is 10.7. The van der Waals surface area contributed by atoms with E-state index >= 15 is 0 Å². The van der Waals surface area contributed by atoms with Gasteiger partial charge in [-0.05, 0) is 13.0 Å². The molecule has 0 aliphatic rings. The Morgan fingerprint density at radius 2 is 2.11 bits per heavy atom. The van der Waals surface area contributed by atoms with Gasteiger partial charge in [0.05, 0.1) is 19.3 Å². The molecule has 0 amide bonds. The SMILES string of the molecule is COCC(Cn1cc(C(C)=O)cc1C(=O)O)OC. The van der Waals surface area contributed by atoms with E-state index in [9.17, 15) is 9.59 Å². The summed E-state index contributed by atoms with van der Waals surface area (Å²) < 4.78 is 11.6. The summed E-state index contributed by atoms with van der Waals surface area (Å²) in [5, 5.41) is 9.07. The number of carbonyl (C=O) groups excluding carboxylic acids is 1. The average Bonchev–Trinajstić information content (AvgIpc) is 2.72. The van der Waals surface area contributed by atoms with E-state index in [-0.39, 0.29) is 17.6 Å². The minimum absolute atomic E-state index is 0.0679. The number of hydrogen-bond donors (Lipinski definition) is 1. The van der Waals surface area contributed by atoms with E-state index in [1.54, 1.807) is 7.11 Å². The van der Waals surface area contributed by atoms with Gasteiger partial charge in [0.1, 0.15) is 5.69 Å². The molecule has 6 heteroatoms. The van der Waals surface area contributed by atoms with Crippen LogP contribution in [0, 0.1) is 0 Å². The second kappa shape index (κ2) is 6.32. The number of hydrogen-bond acceptors (Lipinski definition) is 4. The molecule has 0 saturated heterocycles. The molecule has 0 saturated carbocycles. The van der Waals surface area contributed by atoms with E-state index in [0.29, 0.717) is 18.7 Å². The van der Waals surface area contributed by atoms with E-state index < -0.39 is 5.97 Å². The number of carbonyl (C=O) groups is 2. The molecule has 1 N–H and O–H groups in total. The van der Waals surface area contributed by atoms with Crippen LogP contribution in [0.3, 0.4) is 0 Å². The van der Waals surface area contributed by atoms with Gasteiger partial charge >= 0.3 is 5.97 Å². The molecule has 1 rings (SSSR count). The molecular weight excluding hydrogens is 238 g/mol. The summed E-state index contributed by atoms with van der Waals surface area (Å²) >= 11 is 0. The number of nitrogens with zero attached hydrogens (tertiary/aromatic N) is 1. The molecule has 18 heavy (non-hydrogen) atoms. The maximum Gasteiger partial charge on any atom is 0.352 e. The van der Waals surface area contributed by atoms with Crippen molar-refractivity contribution in [1.29, 1.82) is 0 Å². The fourth-order valence-electron chi connectivity index (χ4n) is 1.63. The van der Waals surface area contributed by atoms with E-state index in [1.807, 2.05) is 0 Å². The molecule has 1 unspecified atom stereocenters. The Balaban J connectivity index is 2.98. The number of rotatable bonds is 7. The van der Waals surface area contributed by atoms with Crippen LogP contribution in [-0.4, -0.2) is 48.4 Å². The Hall–Kier alpha value is -1.66. The Morgan fingerprint density at radius 1 is 1.44 bits per heavy atom. The molecule has 0 aliphatic heterocycles. The summed E-state index contributed by atoms with van der Waals surface area (Å²) in [4.78, 5) is 22.3. The molecule has 100 valence electrons. The van der Waals surface area contributed by atoms with Gasteiger partial charge in [-0.3, -0.25) is 4.79 Å². The van der Waals surface area contributed by atoms with E-state index in [1.165, 1.54) is 30.9 Å². The van der Waals surface area contributed by atoms with Crippen molar-refractivity contribution in [2.75, 3.05) is 20.8 Å². The molecule has 1 atom stereocenters. The van der Waals surface area contributed by atoms with Crippen LogP contribution in [0.4, 0.5) is 0 Å². The first-order valence-electron chi connectivity index (χ1n) is 5.45. The summed E-state index contributed by atoms with van der Waals surface area (Å²) in [6.45, 7) is 2.07. The molecule has 1 heterocycles. The van der Waals surface area contributed by atoms with Crippen molar-refractivity contribution in [2.45, 2.75) is 19.6 Å². The summed E-state index contributed by atoms with van der Waals surface area (Å²) in [6, 6.07) is 1.37. The second-order valence-corrected chi connectivity index (χ2v) is 3.94. The number of ketones is 1. The lowest BCUT2D eigenvalue weighted by molar-refractivity contribution is 0.0176. The lowest BCUT2D eigenvalue weighted by atomic mass is 10.2. The van der Waals surface area contributed by atoms with Crippen LogP contribution in [-0.2, 0) is 16.0 Å². The largest absolute Gasteiger partial charge is 0.477 e. The van der Waals surface area contributed by atoms with Gasteiger partial charge in [0.25, 0.3) is 0 Å². The molecule has 0 aliphatic carbocycles. The number of carboxylic acids is 1. The first-order valence-corrected chi connectivity index (χ1v) is 5.45. The maximum atomic E-state index is 11.3. The van der Waals surface area contributed by atoms with E-state index in [2.05, 4.69) is 0 Å². The molecule has 0 radical (unpaired) electrons. The zero-order valence-electron chi connectivity index (χ0n) is 10.7.